The van der Waals surface area contributed by atoms with E-state index in [0.29, 0.717) is 23.8 Å². The molecule has 4 fully saturated rings. The molecule has 0 radical (unpaired) electrons. The maximum absolute atomic E-state index is 13.9. The monoisotopic (exact) mass is 422 g/mol. The summed E-state index contributed by atoms with van der Waals surface area (Å²) in [6, 6.07) is 0.506. The van der Waals surface area contributed by atoms with E-state index in [-0.39, 0.29) is 12.7 Å². The number of likely N-dealkylation sites (N-methyl/N-ethyl adjacent to an activating group) is 1. The minimum Gasteiger partial charge on any atom is -0.480 e. The van der Waals surface area contributed by atoms with Gasteiger partial charge in [-0.15, -0.1) is 0 Å². The Morgan fingerprint density at radius 3 is 2.20 bits per heavy atom. The maximum Gasteiger partial charge on any atom is 0.317 e. The van der Waals surface area contributed by atoms with E-state index >= 15 is 0 Å². The van der Waals surface area contributed by atoms with Crippen LogP contribution in [0.4, 0.5) is 4.39 Å². The molecule has 4 rings (SSSR count). The standard InChI is InChI=1S/C25H43FN2O2/c1-16-3-5-17(6-4-16)19-9-12-23-22(13-19)21(18-7-10-20(26)11-8-18)14-24(27-23)28(2)15-25(29)30/h16-24,27H,3-15H2,1-2H3,(H,29,30). The summed E-state index contributed by atoms with van der Waals surface area (Å²) < 4.78 is 13.9. The molecular formula is C25H43FN2O2. The largest absolute Gasteiger partial charge is 0.480 e. The average molecular weight is 423 g/mol. The van der Waals surface area contributed by atoms with Crippen LogP contribution in [0.1, 0.15) is 84.0 Å². The molecule has 3 aliphatic carbocycles. The molecule has 1 saturated heterocycles. The molecule has 0 aromatic heterocycles. The lowest BCUT2D eigenvalue weighted by Crippen LogP contribution is -2.60. The molecule has 5 atom stereocenters. The van der Waals surface area contributed by atoms with E-state index in [0.717, 1.165) is 49.9 Å². The number of piperidine rings is 1. The second-order valence-corrected chi connectivity index (χ2v) is 11.3. The Labute approximate surface area is 182 Å². The van der Waals surface area contributed by atoms with E-state index in [9.17, 15) is 14.3 Å². The Kier molecular flexibility index (Phi) is 7.39. The highest BCUT2D eigenvalue weighted by molar-refractivity contribution is 5.69. The molecule has 30 heavy (non-hydrogen) atoms. The van der Waals surface area contributed by atoms with Gasteiger partial charge in [-0.3, -0.25) is 15.0 Å². The first-order chi connectivity index (χ1) is 14.4. The van der Waals surface area contributed by atoms with Crippen molar-refractivity contribution in [2.75, 3.05) is 13.6 Å². The lowest BCUT2D eigenvalue weighted by Gasteiger charge is -2.53. The molecule has 0 aromatic rings. The zero-order chi connectivity index (χ0) is 21.3. The molecule has 0 amide bonds. The first-order valence-corrected chi connectivity index (χ1v) is 12.7. The summed E-state index contributed by atoms with van der Waals surface area (Å²) in [5.41, 5.74) is 0. The third-order valence-electron chi connectivity index (χ3n) is 9.34. The summed E-state index contributed by atoms with van der Waals surface area (Å²) in [7, 11) is 1.94. The summed E-state index contributed by atoms with van der Waals surface area (Å²) >= 11 is 0. The number of nitrogens with zero attached hydrogens (tertiary/aromatic N) is 1. The molecule has 0 spiro atoms. The van der Waals surface area contributed by atoms with E-state index in [1.165, 1.54) is 44.9 Å². The summed E-state index contributed by atoms with van der Waals surface area (Å²) in [6.07, 6.45) is 13.6. The number of carboxylic acids is 1. The van der Waals surface area contributed by atoms with Crippen LogP contribution in [-0.4, -0.2) is 47.9 Å². The summed E-state index contributed by atoms with van der Waals surface area (Å²) in [6.45, 7) is 2.49. The maximum atomic E-state index is 13.9. The minimum absolute atomic E-state index is 0.0852. The molecule has 3 saturated carbocycles. The van der Waals surface area contributed by atoms with Crippen molar-refractivity contribution in [2.24, 2.45) is 35.5 Å². The van der Waals surface area contributed by atoms with Gasteiger partial charge in [0.25, 0.3) is 0 Å². The zero-order valence-corrected chi connectivity index (χ0v) is 19.1. The number of hydrogen-bond donors (Lipinski definition) is 2. The van der Waals surface area contributed by atoms with Crippen molar-refractivity contribution in [2.45, 2.75) is 102 Å². The first-order valence-electron chi connectivity index (χ1n) is 12.7. The number of fused-ring (bicyclic) bond motifs is 1. The molecule has 5 unspecified atom stereocenters. The lowest BCUT2D eigenvalue weighted by molar-refractivity contribution is -0.139. The van der Waals surface area contributed by atoms with Gasteiger partial charge in [0.05, 0.1) is 12.7 Å². The van der Waals surface area contributed by atoms with Crippen molar-refractivity contribution >= 4 is 5.97 Å². The quantitative estimate of drug-likeness (QED) is 0.649. The molecule has 172 valence electrons. The van der Waals surface area contributed by atoms with Crippen LogP contribution < -0.4 is 5.32 Å². The van der Waals surface area contributed by atoms with E-state index < -0.39 is 12.1 Å². The van der Waals surface area contributed by atoms with Crippen LogP contribution in [0.2, 0.25) is 0 Å². The second kappa shape index (κ2) is 9.85. The van der Waals surface area contributed by atoms with Gasteiger partial charge in [-0.1, -0.05) is 19.8 Å². The molecule has 5 heteroatoms. The number of aliphatic carboxylic acids is 1. The normalized spacial score (nSPS) is 45.1. The van der Waals surface area contributed by atoms with Gasteiger partial charge in [-0.2, -0.15) is 0 Å². The zero-order valence-electron chi connectivity index (χ0n) is 19.1. The van der Waals surface area contributed by atoms with Gasteiger partial charge in [-0.05, 0) is 107 Å². The van der Waals surface area contributed by atoms with Crippen LogP contribution in [-0.2, 0) is 4.79 Å². The number of carboxylic acid groups (broad SMARTS) is 1. The highest BCUT2D eigenvalue weighted by Gasteiger charge is 2.46. The van der Waals surface area contributed by atoms with E-state index in [1.54, 1.807) is 0 Å². The fourth-order valence-corrected chi connectivity index (χ4v) is 7.53. The smallest absolute Gasteiger partial charge is 0.317 e. The van der Waals surface area contributed by atoms with Crippen LogP contribution in [0.5, 0.6) is 0 Å². The molecule has 1 aliphatic heterocycles. The van der Waals surface area contributed by atoms with Gasteiger partial charge in [0.2, 0.25) is 0 Å². The van der Waals surface area contributed by atoms with Crippen LogP contribution in [0.3, 0.4) is 0 Å². The van der Waals surface area contributed by atoms with Crippen molar-refractivity contribution in [1.82, 2.24) is 10.2 Å². The molecule has 4 aliphatic rings. The fourth-order valence-electron chi connectivity index (χ4n) is 7.53. The van der Waals surface area contributed by atoms with Gasteiger partial charge in [0.1, 0.15) is 6.17 Å². The average Bonchev–Trinajstić information content (AvgIpc) is 2.73. The van der Waals surface area contributed by atoms with Crippen molar-refractivity contribution in [1.29, 1.82) is 0 Å². The van der Waals surface area contributed by atoms with Crippen molar-refractivity contribution in [3.8, 4) is 0 Å². The number of halogens is 1. The van der Waals surface area contributed by atoms with E-state index in [4.69, 9.17) is 0 Å². The fraction of sp³-hybridized carbons (Fsp3) is 0.960. The topological polar surface area (TPSA) is 52.6 Å². The van der Waals surface area contributed by atoms with Crippen LogP contribution in [0.25, 0.3) is 0 Å². The molecule has 2 N–H and O–H groups in total. The van der Waals surface area contributed by atoms with Gasteiger partial charge in [0.15, 0.2) is 0 Å². The Bertz CT molecular complexity index is 571. The minimum atomic E-state index is -0.758. The summed E-state index contributed by atoms with van der Waals surface area (Å²) in [5, 5.41) is 13.1. The Morgan fingerprint density at radius 2 is 1.53 bits per heavy atom. The second-order valence-electron chi connectivity index (χ2n) is 11.3. The number of carbonyl (C=O) groups is 1. The van der Waals surface area contributed by atoms with Gasteiger partial charge in [0, 0.05) is 6.04 Å². The van der Waals surface area contributed by atoms with Gasteiger partial charge in [-0.25, -0.2) is 4.39 Å². The summed E-state index contributed by atoms with van der Waals surface area (Å²) in [5.74, 6) is 3.87. The van der Waals surface area contributed by atoms with E-state index in [1.807, 2.05) is 11.9 Å². The van der Waals surface area contributed by atoms with Gasteiger partial charge >= 0.3 is 5.97 Å². The number of alkyl halides is 1. The predicted molar refractivity (Wildman–Crippen MR) is 118 cm³/mol. The summed E-state index contributed by atoms with van der Waals surface area (Å²) in [4.78, 5) is 13.3. The van der Waals surface area contributed by atoms with Crippen molar-refractivity contribution in [3.63, 3.8) is 0 Å². The molecule has 0 bridgehead atoms. The van der Waals surface area contributed by atoms with Crippen LogP contribution in [0.15, 0.2) is 0 Å². The highest BCUT2D eigenvalue weighted by atomic mass is 19.1. The SMILES string of the molecule is CC1CCC(C2CCC3NC(N(C)CC(=O)O)CC(C4CCC(F)CC4)C3C2)CC1. The lowest BCUT2D eigenvalue weighted by atomic mass is 9.59. The van der Waals surface area contributed by atoms with E-state index in [2.05, 4.69) is 12.2 Å². The first kappa shape index (κ1) is 22.5. The third kappa shape index (κ3) is 5.20. The predicted octanol–water partition coefficient (Wildman–Crippen LogP) is 5.08. The number of hydrogen-bond acceptors (Lipinski definition) is 3. The number of rotatable bonds is 5. The van der Waals surface area contributed by atoms with Crippen molar-refractivity contribution < 1.29 is 14.3 Å². The van der Waals surface area contributed by atoms with Gasteiger partial charge < -0.3 is 5.11 Å². The Hall–Kier alpha value is -0.680. The van der Waals surface area contributed by atoms with Crippen LogP contribution in [0, 0.1) is 35.5 Å². The molecule has 0 aromatic carbocycles. The van der Waals surface area contributed by atoms with Crippen LogP contribution >= 0.6 is 0 Å². The highest BCUT2D eigenvalue weighted by Crippen LogP contribution is 2.49. The number of nitrogens with one attached hydrogen (secondary N) is 1. The third-order valence-corrected chi connectivity index (χ3v) is 9.34. The Balaban J connectivity index is 1.46. The Morgan fingerprint density at radius 1 is 0.900 bits per heavy atom. The molecule has 1 heterocycles. The molecule has 4 nitrogen and oxygen atoms in total. The molecular weight excluding hydrogens is 379 g/mol. The van der Waals surface area contributed by atoms with Crippen molar-refractivity contribution in [3.05, 3.63) is 0 Å².